The molecule has 0 aliphatic rings. The Balaban J connectivity index is 3.33. The van der Waals surface area contributed by atoms with E-state index in [9.17, 15) is 22.0 Å². The molecule has 8 heteroatoms. The smallest absolute Gasteiger partial charge is 0.421 e. The second-order valence-corrected chi connectivity index (χ2v) is 2.55. The molecule has 0 amide bonds. The number of aromatic nitrogens is 1. The van der Waals surface area contributed by atoms with Crippen molar-refractivity contribution in [3.8, 4) is 11.8 Å². The van der Waals surface area contributed by atoms with E-state index in [1.54, 1.807) is 0 Å². The van der Waals surface area contributed by atoms with E-state index >= 15 is 0 Å². The normalized spacial score (nSPS) is 11.3. The topological polar surface area (TPSA) is 45.9 Å². The van der Waals surface area contributed by atoms with Crippen LogP contribution in [0, 0.1) is 11.3 Å². The molecule has 0 fully saturated rings. The molecule has 3 nitrogen and oxygen atoms in total. The van der Waals surface area contributed by atoms with Crippen molar-refractivity contribution in [2.24, 2.45) is 0 Å². The SMILES string of the molecule is N#Cc1cncc(C(F)(F)F)c1OC(F)F. The van der Waals surface area contributed by atoms with Crippen molar-refractivity contribution in [2.45, 2.75) is 12.8 Å². The Labute approximate surface area is 86.1 Å². The van der Waals surface area contributed by atoms with Gasteiger partial charge in [0.25, 0.3) is 0 Å². The molecule has 16 heavy (non-hydrogen) atoms. The summed E-state index contributed by atoms with van der Waals surface area (Å²) >= 11 is 0. The highest BCUT2D eigenvalue weighted by Crippen LogP contribution is 2.37. The van der Waals surface area contributed by atoms with E-state index in [1.807, 2.05) is 0 Å². The highest BCUT2D eigenvalue weighted by Gasteiger charge is 2.37. The standard InChI is InChI=1S/C8H3F5N2O/c9-7(10)16-6-4(1-14)2-15-3-5(6)8(11,12)13/h2-3,7H. The van der Waals surface area contributed by atoms with Gasteiger partial charge in [0.15, 0.2) is 5.75 Å². The minimum Gasteiger partial charge on any atom is -0.433 e. The fourth-order valence-corrected chi connectivity index (χ4v) is 0.946. The quantitative estimate of drug-likeness (QED) is 0.744. The summed E-state index contributed by atoms with van der Waals surface area (Å²) in [4.78, 5) is 3.12. The van der Waals surface area contributed by atoms with Crippen LogP contribution >= 0.6 is 0 Å². The number of hydrogen-bond donors (Lipinski definition) is 0. The minimum absolute atomic E-state index is 0.318. The summed E-state index contributed by atoms with van der Waals surface area (Å²) < 4.78 is 64.5. The van der Waals surface area contributed by atoms with Crippen LogP contribution < -0.4 is 4.74 Å². The lowest BCUT2D eigenvalue weighted by atomic mass is 10.2. The van der Waals surface area contributed by atoms with Gasteiger partial charge in [0.1, 0.15) is 17.2 Å². The molecule has 0 aromatic carbocycles. The molecule has 0 aliphatic carbocycles. The Morgan fingerprint density at radius 3 is 2.38 bits per heavy atom. The molecule has 1 rings (SSSR count). The van der Waals surface area contributed by atoms with E-state index in [0.717, 1.165) is 0 Å². The van der Waals surface area contributed by atoms with E-state index in [2.05, 4.69) is 9.72 Å². The average Bonchev–Trinajstić information content (AvgIpc) is 2.15. The van der Waals surface area contributed by atoms with Gasteiger partial charge in [-0.1, -0.05) is 0 Å². The molecule has 0 saturated heterocycles. The molecule has 0 unspecified atom stereocenters. The predicted molar refractivity (Wildman–Crippen MR) is 40.6 cm³/mol. The molecular formula is C8H3F5N2O. The van der Waals surface area contributed by atoms with Crippen LogP contribution in [-0.2, 0) is 6.18 Å². The average molecular weight is 238 g/mol. The summed E-state index contributed by atoms with van der Waals surface area (Å²) in [5.74, 6) is -1.21. The van der Waals surface area contributed by atoms with Gasteiger partial charge in [-0.3, -0.25) is 4.98 Å². The van der Waals surface area contributed by atoms with Crippen LogP contribution in [0.4, 0.5) is 22.0 Å². The summed E-state index contributed by atoms with van der Waals surface area (Å²) in [6.07, 6.45) is -3.88. The fourth-order valence-electron chi connectivity index (χ4n) is 0.946. The van der Waals surface area contributed by atoms with Gasteiger partial charge in [0, 0.05) is 12.4 Å². The number of nitriles is 1. The third-order valence-corrected chi connectivity index (χ3v) is 1.53. The molecule has 0 spiro atoms. The summed E-state index contributed by atoms with van der Waals surface area (Å²) in [7, 11) is 0. The molecule has 1 heterocycles. The van der Waals surface area contributed by atoms with Gasteiger partial charge in [-0.05, 0) is 0 Å². The van der Waals surface area contributed by atoms with E-state index in [0.29, 0.717) is 12.4 Å². The zero-order chi connectivity index (χ0) is 12.3. The molecule has 86 valence electrons. The van der Waals surface area contributed by atoms with Gasteiger partial charge in [-0.25, -0.2) is 0 Å². The van der Waals surface area contributed by atoms with E-state index < -0.39 is 29.7 Å². The van der Waals surface area contributed by atoms with Gasteiger partial charge in [0.2, 0.25) is 0 Å². The van der Waals surface area contributed by atoms with Gasteiger partial charge in [-0.15, -0.1) is 0 Å². The van der Waals surface area contributed by atoms with Crippen LogP contribution in [0.3, 0.4) is 0 Å². The van der Waals surface area contributed by atoms with Crippen molar-refractivity contribution >= 4 is 0 Å². The number of nitrogens with zero attached hydrogens (tertiary/aromatic N) is 2. The lowest BCUT2D eigenvalue weighted by Crippen LogP contribution is -2.13. The zero-order valence-electron chi connectivity index (χ0n) is 7.42. The van der Waals surface area contributed by atoms with Gasteiger partial charge in [0.05, 0.1) is 0 Å². The highest BCUT2D eigenvalue weighted by atomic mass is 19.4. The van der Waals surface area contributed by atoms with Crippen LogP contribution in [0.5, 0.6) is 5.75 Å². The van der Waals surface area contributed by atoms with Crippen LogP contribution in [-0.4, -0.2) is 11.6 Å². The molecule has 0 atom stereocenters. The number of alkyl halides is 5. The first-order chi connectivity index (χ1) is 7.36. The monoisotopic (exact) mass is 238 g/mol. The molecule has 1 aromatic heterocycles. The largest absolute Gasteiger partial charge is 0.433 e. The first-order valence-corrected chi connectivity index (χ1v) is 3.76. The number of rotatable bonds is 2. The number of halogens is 5. The molecule has 0 radical (unpaired) electrons. The first-order valence-electron chi connectivity index (χ1n) is 3.76. The second kappa shape index (κ2) is 4.30. The van der Waals surface area contributed by atoms with Crippen molar-refractivity contribution in [1.82, 2.24) is 4.98 Å². The van der Waals surface area contributed by atoms with Crippen molar-refractivity contribution < 1.29 is 26.7 Å². The molecule has 0 bridgehead atoms. The lowest BCUT2D eigenvalue weighted by molar-refractivity contribution is -0.142. The maximum atomic E-state index is 12.3. The van der Waals surface area contributed by atoms with Crippen molar-refractivity contribution in [3.05, 3.63) is 23.5 Å². The Kier molecular flexibility index (Phi) is 3.27. The Morgan fingerprint density at radius 1 is 1.31 bits per heavy atom. The van der Waals surface area contributed by atoms with Crippen molar-refractivity contribution in [2.75, 3.05) is 0 Å². The van der Waals surface area contributed by atoms with E-state index in [1.165, 1.54) is 6.07 Å². The molecular weight excluding hydrogens is 235 g/mol. The highest BCUT2D eigenvalue weighted by molar-refractivity contribution is 5.47. The first kappa shape index (κ1) is 12.2. The van der Waals surface area contributed by atoms with E-state index in [4.69, 9.17) is 5.26 Å². The number of pyridine rings is 1. The molecule has 0 aliphatic heterocycles. The van der Waals surface area contributed by atoms with Crippen molar-refractivity contribution in [3.63, 3.8) is 0 Å². The third-order valence-electron chi connectivity index (χ3n) is 1.53. The van der Waals surface area contributed by atoms with Crippen LogP contribution in [0.25, 0.3) is 0 Å². The van der Waals surface area contributed by atoms with Gasteiger partial charge in [-0.2, -0.15) is 27.2 Å². The maximum Gasteiger partial charge on any atom is 0.421 e. The molecule has 0 saturated carbocycles. The maximum absolute atomic E-state index is 12.3. The second-order valence-electron chi connectivity index (χ2n) is 2.55. The van der Waals surface area contributed by atoms with Gasteiger partial charge >= 0.3 is 12.8 Å². The fraction of sp³-hybridized carbons (Fsp3) is 0.250. The summed E-state index contributed by atoms with van der Waals surface area (Å²) in [6.45, 7) is -3.45. The van der Waals surface area contributed by atoms with Crippen molar-refractivity contribution in [1.29, 1.82) is 5.26 Å². The lowest BCUT2D eigenvalue weighted by Gasteiger charge is -2.13. The molecule has 0 N–H and O–H groups in total. The molecule has 1 aromatic rings. The summed E-state index contributed by atoms with van der Waals surface area (Å²) in [6, 6.07) is 1.29. The summed E-state index contributed by atoms with van der Waals surface area (Å²) in [5.41, 5.74) is -2.21. The number of ether oxygens (including phenoxy) is 1. The Bertz CT molecular complexity index is 423. The predicted octanol–water partition coefficient (Wildman–Crippen LogP) is 2.57. The zero-order valence-corrected chi connectivity index (χ0v) is 7.42. The van der Waals surface area contributed by atoms with Crippen LogP contribution in [0.15, 0.2) is 12.4 Å². The van der Waals surface area contributed by atoms with Crippen LogP contribution in [0.2, 0.25) is 0 Å². The minimum atomic E-state index is -4.91. The Hall–Kier alpha value is -1.91. The third kappa shape index (κ3) is 2.56. The Morgan fingerprint density at radius 2 is 1.94 bits per heavy atom. The van der Waals surface area contributed by atoms with Gasteiger partial charge < -0.3 is 4.74 Å². The number of hydrogen-bond acceptors (Lipinski definition) is 3. The van der Waals surface area contributed by atoms with E-state index in [-0.39, 0.29) is 0 Å². The summed E-state index contributed by atoms with van der Waals surface area (Å²) in [5, 5.41) is 8.44. The van der Waals surface area contributed by atoms with Crippen LogP contribution in [0.1, 0.15) is 11.1 Å².